The van der Waals surface area contributed by atoms with E-state index >= 15 is 0 Å². The van der Waals surface area contributed by atoms with Crippen LogP contribution in [0.2, 0.25) is 5.02 Å². The third-order valence-electron chi connectivity index (χ3n) is 5.53. The third-order valence-corrected chi connectivity index (χ3v) is 5.94. The second kappa shape index (κ2) is 9.96. The summed E-state index contributed by atoms with van der Waals surface area (Å²) in [6.07, 6.45) is 1.68. The molecule has 1 aliphatic rings. The number of piperidine rings is 1. The summed E-state index contributed by atoms with van der Waals surface area (Å²) in [5, 5.41) is 6.50. The molecule has 160 valence electrons. The minimum Gasteiger partial charge on any atom is -0.495 e. The van der Waals surface area contributed by atoms with Crippen LogP contribution in [0.4, 0.5) is 11.4 Å². The molecule has 1 aliphatic heterocycles. The average Bonchev–Trinajstić information content (AvgIpc) is 2.76. The number of methoxy groups -OCH3 is 1. The summed E-state index contributed by atoms with van der Waals surface area (Å²) in [4.78, 5) is 27.6. The van der Waals surface area contributed by atoms with Gasteiger partial charge in [-0.3, -0.25) is 14.5 Å². The molecule has 0 radical (unpaired) electrons. The second-order valence-corrected chi connectivity index (χ2v) is 8.06. The van der Waals surface area contributed by atoms with E-state index in [9.17, 15) is 9.59 Å². The summed E-state index contributed by atoms with van der Waals surface area (Å²) in [5.41, 5.74) is 2.23. The Hall–Kier alpha value is -2.57. The van der Waals surface area contributed by atoms with Gasteiger partial charge in [-0.25, -0.2) is 0 Å². The van der Waals surface area contributed by atoms with Crippen LogP contribution in [-0.2, 0) is 9.59 Å². The number of nitrogens with one attached hydrogen (secondary N) is 2. The molecule has 0 spiro atoms. The van der Waals surface area contributed by atoms with Gasteiger partial charge in [0.05, 0.1) is 24.8 Å². The Morgan fingerprint density at radius 1 is 1.20 bits per heavy atom. The van der Waals surface area contributed by atoms with Crippen LogP contribution in [-0.4, -0.2) is 43.0 Å². The van der Waals surface area contributed by atoms with Gasteiger partial charge in [0.1, 0.15) is 5.75 Å². The fraction of sp³-hybridized carbons (Fsp3) is 0.391. The zero-order valence-corrected chi connectivity index (χ0v) is 18.3. The average molecular weight is 430 g/mol. The highest BCUT2D eigenvalue weighted by Crippen LogP contribution is 2.31. The Morgan fingerprint density at radius 3 is 2.63 bits per heavy atom. The number of likely N-dealkylation sites (tertiary alicyclic amines) is 1. The number of anilines is 2. The number of rotatable bonds is 6. The largest absolute Gasteiger partial charge is 0.495 e. The van der Waals surface area contributed by atoms with Crippen LogP contribution in [0.25, 0.3) is 0 Å². The van der Waals surface area contributed by atoms with Crippen molar-refractivity contribution in [2.24, 2.45) is 5.92 Å². The van der Waals surface area contributed by atoms with Crippen LogP contribution in [0.3, 0.4) is 0 Å². The predicted octanol–water partition coefficient (Wildman–Crippen LogP) is 4.33. The first-order valence-electron chi connectivity index (χ1n) is 10.1. The lowest BCUT2D eigenvalue weighted by molar-refractivity contribution is -0.125. The Morgan fingerprint density at radius 2 is 1.93 bits per heavy atom. The molecule has 0 unspecified atom stereocenters. The maximum absolute atomic E-state index is 12.9. The van der Waals surface area contributed by atoms with Gasteiger partial charge in [-0.1, -0.05) is 29.8 Å². The molecule has 0 aliphatic carbocycles. The Balaban J connectivity index is 1.63. The van der Waals surface area contributed by atoms with E-state index in [-0.39, 0.29) is 23.8 Å². The van der Waals surface area contributed by atoms with Crippen molar-refractivity contribution in [3.63, 3.8) is 0 Å². The van der Waals surface area contributed by atoms with Crippen LogP contribution in [0.1, 0.15) is 25.3 Å². The van der Waals surface area contributed by atoms with Crippen molar-refractivity contribution < 1.29 is 14.3 Å². The van der Waals surface area contributed by atoms with Crippen molar-refractivity contribution in [3.8, 4) is 5.75 Å². The molecule has 0 aromatic heterocycles. The van der Waals surface area contributed by atoms with Crippen molar-refractivity contribution in [1.82, 2.24) is 4.90 Å². The molecule has 1 fully saturated rings. The quantitative estimate of drug-likeness (QED) is 0.716. The molecule has 0 saturated carbocycles. The molecule has 1 saturated heterocycles. The molecule has 1 heterocycles. The van der Waals surface area contributed by atoms with Crippen molar-refractivity contribution in [2.45, 2.75) is 32.7 Å². The first-order valence-corrected chi connectivity index (χ1v) is 10.5. The molecule has 6 nitrogen and oxygen atoms in total. The monoisotopic (exact) mass is 429 g/mol. The number of benzene rings is 2. The van der Waals surface area contributed by atoms with Gasteiger partial charge < -0.3 is 15.4 Å². The number of ether oxygens (including phenoxy) is 1. The number of halogens is 1. The highest BCUT2D eigenvalue weighted by Gasteiger charge is 2.31. The van der Waals surface area contributed by atoms with Gasteiger partial charge >= 0.3 is 0 Å². The van der Waals surface area contributed by atoms with E-state index in [0.29, 0.717) is 23.0 Å². The topological polar surface area (TPSA) is 70.7 Å². The third kappa shape index (κ3) is 5.32. The minimum absolute atomic E-state index is 0.00602. The number of carbonyl (C=O) groups is 2. The van der Waals surface area contributed by atoms with Gasteiger partial charge in [-0.05, 0) is 57.0 Å². The number of para-hydroxylation sites is 1. The van der Waals surface area contributed by atoms with Gasteiger partial charge in [0.15, 0.2) is 0 Å². The Bertz CT molecular complexity index is 904. The SMILES string of the molecule is COc1cc(Cl)c(C)cc1NC(=O)[C@@H](C)N1CCC[C@@H](C(=O)Nc2ccccc2)C1. The molecular formula is C23H28ClN3O3. The molecule has 2 amide bonds. The van der Waals surface area contributed by atoms with Crippen LogP contribution in [0.5, 0.6) is 5.75 Å². The molecule has 3 rings (SSSR count). The van der Waals surface area contributed by atoms with Gasteiger partial charge in [0, 0.05) is 23.3 Å². The van der Waals surface area contributed by atoms with E-state index < -0.39 is 0 Å². The maximum Gasteiger partial charge on any atom is 0.241 e. The van der Waals surface area contributed by atoms with E-state index in [0.717, 1.165) is 30.6 Å². The second-order valence-electron chi connectivity index (χ2n) is 7.66. The summed E-state index contributed by atoms with van der Waals surface area (Å²) in [6, 6.07) is 12.6. The van der Waals surface area contributed by atoms with E-state index in [2.05, 4.69) is 15.5 Å². The number of hydrogen-bond donors (Lipinski definition) is 2. The number of amides is 2. The van der Waals surface area contributed by atoms with Gasteiger partial charge in [0.25, 0.3) is 0 Å². The molecule has 2 N–H and O–H groups in total. The number of hydrogen-bond acceptors (Lipinski definition) is 4. The van der Waals surface area contributed by atoms with Crippen molar-refractivity contribution in [1.29, 1.82) is 0 Å². The lowest BCUT2D eigenvalue weighted by Crippen LogP contribution is -2.49. The summed E-state index contributed by atoms with van der Waals surface area (Å²) >= 11 is 6.15. The lowest BCUT2D eigenvalue weighted by Gasteiger charge is -2.35. The molecular weight excluding hydrogens is 402 g/mol. The predicted molar refractivity (Wildman–Crippen MR) is 120 cm³/mol. The molecule has 30 heavy (non-hydrogen) atoms. The lowest BCUT2D eigenvalue weighted by atomic mass is 9.95. The van der Waals surface area contributed by atoms with Crippen LogP contribution in [0, 0.1) is 12.8 Å². The Kier molecular flexibility index (Phi) is 7.34. The molecule has 2 aromatic rings. The highest BCUT2D eigenvalue weighted by atomic mass is 35.5. The fourth-order valence-corrected chi connectivity index (χ4v) is 3.82. The van der Waals surface area contributed by atoms with Gasteiger partial charge in [0.2, 0.25) is 11.8 Å². The summed E-state index contributed by atoms with van der Waals surface area (Å²) in [6.45, 7) is 5.06. The highest BCUT2D eigenvalue weighted by molar-refractivity contribution is 6.31. The van der Waals surface area contributed by atoms with Crippen LogP contribution < -0.4 is 15.4 Å². The van der Waals surface area contributed by atoms with E-state index in [1.54, 1.807) is 19.2 Å². The molecule has 2 aromatic carbocycles. The Labute approximate surface area is 182 Å². The van der Waals surface area contributed by atoms with Crippen molar-refractivity contribution in [3.05, 3.63) is 53.1 Å². The molecule has 0 bridgehead atoms. The van der Waals surface area contributed by atoms with Crippen molar-refractivity contribution in [2.75, 3.05) is 30.8 Å². The zero-order chi connectivity index (χ0) is 21.7. The van der Waals surface area contributed by atoms with Gasteiger partial charge in [-0.15, -0.1) is 0 Å². The van der Waals surface area contributed by atoms with E-state index in [4.69, 9.17) is 16.3 Å². The normalized spacial score (nSPS) is 17.8. The smallest absolute Gasteiger partial charge is 0.241 e. The summed E-state index contributed by atoms with van der Waals surface area (Å²) in [5.74, 6) is 0.221. The van der Waals surface area contributed by atoms with Crippen LogP contribution in [0.15, 0.2) is 42.5 Å². The van der Waals surface area contributed by atoms with Crippen molar-refractivity contribution >= 4 is 34.8 Å². The maximum atomic E-state index is 12.9. The zero-order valence-electron chi connectivity index (χ0n) is 17.6. The van der Waals surface area contributed by atoms with E-state index in [1.807, 2.05) is 44.2 Å². The first kappa shape index (κ1) is 22.1. The number of aryl methyl sites for hydroxylation is 1. The molecule has 7 heteroatoms. The summed E-state index contributed by atoms with van der Waals surface area (Å²) in [7, 11) is 1.54. The van der Waals surface area contributed by atoms with Crippen LogP contribution >= 0.6 is 11.6 Å². The van der Waals surface area contributed by atoms with E-state index in [1.165, 1.54) is 0 Å². The summed E-state index contributed by atoms with van der Waals surface area (Å²) < 4.78 is 5.35. The minimum atomic E-state index is -0.377. The standard InChI is InChI=1S/C23H28ClN3O3/c1-15-12-20(21(30-3)13-19(15)24)26-22(28)16(2)27-11-7-8-17(14-27)23(29)25-18-9-5-4-6-10-18/h4-6,9-10,12-13,16-17H,7-8,11,14H2,1-3H3,(H,25,29)(H,26,28)/t16-,17-/m1/s1. The van der Waals surface area contributed by atoms with Gasteiger partial charge in [-0.2, -0.15) is 0 Å². The number of nitrogens with zero attached hydrogens (tertiary/aromatic N) is 1. The molecule has 2 atom stereocenters. The first-order chi connectivity index (χ1) is 14.4. The fourth-order valence-electron chi connectivity index (χ4n) is 3.67. The number of carbonyl (C=O) groups excluding carboxylic acids is 2.